The molecular weight excluding hydrogens is 147 g/mol. The maximum Gasteiger partial charge on any atom is 0.184 e. The van der Waals surface area contributed by atoms with E-state index in [4.69, 9.17) is 7.98 Å². The van der Waals surface area contributed by atoms with E-state index in [1.807, 2.05) is 4.81 Å². The molecule has 0 aromatic rings. The van der Waals surface area contributed by atoms with Crippen molar-refractivity contribution in [3.05, 3.63) is 0 Å². The van der Waals surface area contributed by atoms with E-state index in [0.29, 0.717) is 12.0 Å². The summed E-state index contributed by atoms with van der Waals surface area (Å²) in [7, 11) is 5.91. The van der Waals surface area contributed by atoms with Gasteiger partial charge in [-0.2, -0.15) is 0 Å². The first kappa shape index (κ1) is 10.1. The van der Waals surface area contributed by atoms with E-state index in [2.05, 4.69) is 33.0 Å². The van der Waals surface area contributed by atoms with Gasteiger partial charge in [0.25, 0.3) is 0 Å². The highest BCUT2D eigenvalue weighted by atomic mass is 15.2. The van der Waals surface area contributed by atoms with Crippen LogP contribution in [0.15, 0.2) is 0 Å². The molecule has 1 saturated heterocycles. The molecule has 0 saturated carbocycles. The van der Waals surface area contributed by atoms with Crippen molar-refractivity contribution in [1.29, 1.82) is 0 Å². The second-order valence-corrected chi connectivity index (χ2v) is 4.61. The van der Waals surface area contributed by atoms with E-state index in [-0.39, 0.29) is 5.54 Å². The highest BCUT2D eigenvalue weighted by Crippen LogP contribution is 2.25. The van der Waals surface area contributed by atoms with E-state index < -0.39 is 0 Å². The Hall–Kier alpha value is -0.0151. The van der Waals surface area contributed by atoms with E-state index >= 15 is 0 Å². The summed E-state index contributed by atoms with van der Waals surface area (Å²) in [5, 5.41) is 3.40. The summed E-state index contributed by atoms with van der Waals surface area (Å²) in [4.78, 5) is 1.90. The van der Waals surface area contributed by atoms with Crippen LogP contribution in [-0.2, 0) is 0 Å². The summed E-state index contributed by atoms with van der Waals surface area (Å²) in [6, 6.07) is 0.567. The lowest BCUT2D eigenvalue weighted by atomic mass is 9.86. The van der Waals surface area contributed by atoms with E-state index in [9.17, 15) is 0 Å². The van der Waals surface area contributed by atoms with Gasteiger partial charge in [-0.05, 0) is 33.1 Å². The number of nitrogens with one attached hydrogen (secondary N) is 1. The fourth-order valence-electron chi connectivity index (χ4n) is 1.74. The Bertz CT molecular complexity index is 159. The predicted molar refractivity (Wildman–Crippen MR) is 52.9 cm³/mol. The minimum absolute atomic E-state index is 0.122. The van der Waals surface area contributed by atoms with Crippen LogP contribution in [0.4, 0.5) is 0 Å². The topological polar surface area (TPSA) is 15.3 Å². The molecule has 2 radical (unpaired) electrons. The molecule has 12 heavy (non-hydrogen) atoms. The Morgan fingerprint density at radius 3 is 2.58 bits per heavy atom. The molecule has 1 aliphatic heterocycles. The average Bonchev–Trinajstić information content (AvgIpc) is 2.03. The van der Waals surface area contributed by atoms with Crippen molar-refractivity contribution in [3.8, 4) is 0 Å². The molecule has 68 valence electrons. The van der Waals surface area contributed by atoms with Crippen LogP contribution >= 0.6 is 0 Å². The van der Waals surface area contributed by atoms with Crippen molar-refractivity contribution in [2.24, 2.45) is 5.92 Å². The summed E-state index contributed by atoms with van der Waals surface area (Å²) in [6.07, 6.45) is 1.15. The zero-order valence-corrected chi connectivity index (χ0v) is 8.59. The summed E-state index contributed by atoms with van der Waals surface area (Å²) < 4.78 is 0. The van der Waals surface area contributed by atoms with E-state index in [1.165, 1.54) is 0 Å². The van der Waals surface area contributed by atoms with Crippen LogP contribution in [0.2, 0.25) is 0 Å². The van der Waals surface area contributed by atoms with Gasteiger partial charge in [0.1, 0.15) is 0 Å². The summed E-state index contributed by atoms with van der Waals surface area (Å²) in [6.45, 7) is 9.68. The van der Waals surface area contributed by atoms with Crippen molar-refractivity contribution in [2.75, 3.05) is 6.67 Å². The normalized spacial score (nSPS) is 37.7. The Morgan fingerprint density at radius 1 is 1.42 bits per heavy atom. The van der Waals surface area contributed by atoms with Crippen LogP contribution < -0.4 is 5.32 Å². The number of hydrogen-bond acceptors (Lipinski definition) is 2. The van der Waals surface area contributed by atoms with Crippen LogP contribution in [0.3, 0.4) is 0 Å². The van der Waals surface area contributed by atoms with Gasteiger partial charge in [-0.15, -0.1) is 0 Å². The van der Waals surface area contributed by atoms with Crippen LogP contribution in [0.5, 0.6) is 0 Å². The second-order valence-electron chi connectivity index (χ2n) is 4.61. The van der Waals surface area contributed by atoms with Crippen molar-refractivity contribution in [2.45, 2.75) is 45.7 Å². The molecule has 1 rings (SSSR count). The van der Waals surface area contributed by atoms with Crippen molar-refractivity contribution >= 4 is 7.98 Å². The number of hydrogen-bond donors (Lipinski definition) is 1. The molecule has 2 nitrogen and oxygen atoms in total. The highest BCUT2D eigenvalue weighted by molar-refractivity contribution is 6.04. The van der Waals surface area contributed by atoms with Gasteiger partial charge in [-0.3, -0.25) is 0 Å². The number of rotatable bonds is 0. The molecule has 1 heterocycles. The Labute approximate surface area is 77.1 Å². The maximum absolute atomic E-state index is 5.91. The molecule has 1 N–H and O–H groups in total. The molecule has 2 atom stereocenters. The largest absolute Gasteiger partial charge is 0.337 e. The maximum atomic E-state index is 5.91. The van der Waals surface area contributed by atoms with Gasteiger partial charge in [0.15, 0.2) is 7.98 Å². The molecule has 0 aromatic carbocycles. The standard InChI is InChI=1S/C9H19BN2/c1-7-5-9(3,4)12(10)6-11-8(7)2/h7-8,11H,5-6H2,1-4H3. The average molecular weight is 166 g/mol. The summed E-state index contributed by atoms with van der Waals surface area (Å²) >= 11 is 0. The zero-order chi connectivity index (χ0) is 9.35. The molecule has 0 spiro atoms. The lowest BCUT2D eigenvalue weighted by Gasteiger charge is -2.35. The summed E-state index contributed by atoms with van der Waals surface area (Å²) in [5.41, 5.74) is 0.122. The molecule has 2 unspecified atom stereocenters. The predicted octanol–water partition coefficient (Wildman–Crippen LogP) is 1.13. The first-order valence-electron chi connectivity index (χ1n) is 4.69. The molecular formula is C9H19BN2. The molecule has 1 aliphatic rings. The van der Waals surface area contributed by atoms with Gasteiger partial charge in [0, 0.05) is 18.2 Å². The molecule has 0 aliphatic carbocycles. The fraction of sp³-hybridized carbons (Fsp3) is 1.00. The highest BCUT2D eigenvalue weighted by Gasteiger charge is 2.30. The van der Waals surface area contributed by atoms with Crippen molar-refractivity contribution in [3.63, 3.8) is 0 Å². The van der Waals surface area contributed by atoms with Crippen LogP contribution in [0.25, 0.3) is 0 Å². The van der Waals surface area contributed by atoms with E-state index in [0.717, 1.165) is 13.1 Å². The van der Waals surface area contributed by atoms with Gasteiger partial charge in [0.05, 0.1) is 0 Å². The third-order valence-corrected chi connectivity index (χ3v) is 3.04. The van der Waals surface area contributed by atoms with Crippen molar-refractivity contribution in [1.82, 2.24) is 10.1 Å². The first-order chi connectivity index (χ1) is 5.43. The Kier molecular flexibility index (Phi) is 2.84. The van der Waals surface area contributed by atoms with E-state index in [1.54, 1.807) is 0 Å². The zero-order valence-electron chi connectivity index (χ0n) is 8.59. The van der Waals surface area contributed by atoms with Gasteiger partial charge in [-0.25, -0.2) is 0 Å². The molecule has 0 aromatic heterocycles. The first-order valence-corrected chi connectivity index (χ1v) is 4.69. The van der Waals surface area contributed by atoms with Crippen LogP contribution in [0.1, 0.15) is 34.1 Å². The lowest BCUT2D eigenvalue weighted by molar-refractivity contribution is 0.218. The molecule has 1 fully saturated rings. The van der Waals surface area contributed by atoms with Gasteiger partial charge < -0.3 is 10.1 Å². The molecule has 3 heteroatoms. The Morgan fingerprint density at radius 2 is 2.00 bits per heavy atom. The third-order valence-electron chi connectivity index (χ3n) is 3.04. The lowest BCUT2D eigenvalue weighted by Crippen LogP contribution is -2.44. The SMILES string of the molecule is [B]N1CNC(C)C(C)CC1(C)C. The third kappa shape index (κ3) is 2.02. The van der Waals surface area contributed by atoms with Gasteiger partial charge in [-0.1, -0.05) is 6.92 Å². The summed E-state index contributed by atoms with van der Waals surface area (Å²) in [5.74, 6) is 0.688. The minimum Gasteiger partial charge on any atom is -0.337 e. The quantitative estimate of drug-likeness (QED) is 0.542. The number of nitrogens with zero attached hydrogens (tertiary/aromatic N) is 1. The molecule has 0 amide bonds. The smallest absolute Gasteiger partial charge is 0.184 e. The van der Waals surface area contributed by atoms with Gasteiger partial charge in [0.2, 0.25) is 0 Å². The van der Waals surface area contributed by atoms with Crippen molar-refractivity contribution < 1.29 is 0 Å². The molecule has 0 bridgehead atoms. The van der Waals surface area contributed by atoms with Crippen LogP contribution in [0, 0.1) is 5.92 Å². The Balaban J connectivity index is 2.68. The monoisotopic (exact) mass is 166 g/mol. The minimum atomic E-state index is 0.122. The van der Waals surface area contributed by atoms with Crippen LogP contribution in [-0.4, -0.2) is 31.0 Å². The van der Waals surface area contributed by atoms with Gasteiger partial charge >= 0.3 is 0 Å². The fourth-order valence-corrected chi connectivity index (χ4v) is 1.74. The second kappa shape index (κ2) is 3.39.